The van der Waals surface area contributed by atoms with E-state index < -0.39 is 0 Å². The van der Waals surface area contributed by atoms with E-state index in [1.165, 1.54) is 16.5 Å². The van der Waals surface area contributed by atoms with Gasteiger partial charge in [-0.25, -0.2) is 0 Å². The van der Waals surface area contributed by atoms with E-state index in [2.05, 4.69) is 63.1 Å². The molecule has 0 radical (unpaired) electrons. The summed E-state index contributed by atoms with van der Waals surface area (Å²) in [4.78, 5) is 7.96. The van der Waals surface area contributed by atoms with Crippen LogP contribution in [-0.2, 0) is 13.0 Å². The van der Waals surface area contributed by atoms with Gasteiger partial charge in [-0.1, -0.05) is 18.2 Å². The van der Waals surface area contributed by atoms with Gasteiger partial charge in [-0.05, 0) is 37.5 Å². The summed E-state index contributed by atoms with van der Waals surface area (Å²) in [7, 11) is 0. The average Bonchev–Trinajstić information content (AvgIpc) is 3.29. The van der Waals surface area contributed by atoms with E-state index in [0.717, 1.165) is 45.0 Å². The number of para-hydroxylation sites is 1. The second-order valence-corrected chi connectivity index (χ2v) is 5.92. The lowest BCUT2D eigenvalue weighted by Gasteiger charge is -2.11. The number of aromatic nitrogens is 3. The maximum absolute atomic E-state index is 4.64. The van der Waals surface area contributed by atoms with Crippen molar-refractivity contribution in [2.24, 2.45) is 4.99 Å². The monoisotopic (exact) mass is 466 g/mol. The molecule has 0 saturated heterocycles. The fourth-order valence-corrected chi connectivity index (χ4v) is 2.85. The van der Waals surface area contributed by atoms with E-state index in [0.29, 0.717) is 0 Å². The molecule has 0 aliphatic carbocycles. The maximum atomic E-state index is 4.64. The van der Waals surface area contributed by atoms with Crippen LogP contribution in [0.2, 0.25) is 0 Å². The smallest absolute Gasteiger partial charge is 0.191 e. The van der Waals surface area contributed by atoms with Crippen molar-refractivity contribution < 1.29 is 0 Å². The van der Waals surface area contributed by atoms with Crippen LogP contribution in [0.5, 0.6) is 0 Å². The van der Waals surface area contributed by atoms with Crippen molar-refractivity contribution in [3.05, 3.63) is 54.5 Å². The number of benzene rings is 1. The molecule has 3 rings (SSSR count). The van der Waals surface area contributed by atoms with E-state index in [1.807, 2.05) is 16.9 Å². The molecule has 140 valence electrons. The molecule has 0 unspecified atom stereocenters. The van der Waals surface area contributed by atoms with Gasteiger partial charge in [-0.2, -0.15) is 5.10 Å². The topological polar surface area (TPSA) is 70.0 Å². The Morgan fingerprint density at radius 1 is 1.23 bits per heavy atom. The van der Waals surface area contributed by atoms with Crippen molar-refractivity contribution >= 4 is 40.8 Å². The Kier molecular flexibility index (Phi) is 8.46. The third kappa shape index (κ3) is 5.76. The number of hydrogen-bond donors (Lipinski definition) is 3. The van der Waals surface area contributed by atoms with Crippen LogP contribution in [0.3, 0.4) is 0 Å². The minimum absolute atomic E-state index is 0. The lowest BCUT2D eigenvalue weighted by atomic mass is 10.1. The van der Waals surface area contributed by atoms with Gasteiger partial charge in [0.2, 0.25) is 0 Å². The van der Waals surface area contributed by atoms with Crippen molar-refractivity contribution in [2.75, 3.05) is 19.6 Å². The molecule has 0 aliphatic rings. The van der Waals surface area contributed by atoms with Crippen molar-refractivity contribution in [1.29, 1.82) is 0 Å². The number of rotatable bonds is 8. The standard InChI is InChI=1S/C19H26N6.HI/c1-2-20-19(21-10-5-13-25-14-6-11-24-25)22-12-9-16-15-23-18-8-4-3-7-17(16)18;/h3-4,6-8,11,14-15,23H,2,5,9-10,12-13H2,1H3,(H2,20,21,22);1H. The average molecular weight is 466 g/mol. The van der Waals surface area contributed by atoms with Gasteiger partial charge in [-0.15, -0.1) is 24.0 Å². The van der Waals surface area contributed by atoms with Gasteiger partial charge >= 0.3 is 0 Å². The van der Waals surface area contributed by atoms with Crippen LogP contribution in [0.15, 0.2) is 53.9 Å². The van der Waals surface area contributed by atoms with Crippen molar-refractivity contribution in [1.82, 2.24) is 25.4 Å². The van der Waals surface area contributed by atoms with Crippen LogP contribution in [0.1, 0.15) is 18.9 Å². The Morgan fingerprint density at radius 3 is 2.92 bits per heavy atom. The second kappa shape index (κ2) is 10.8. The Hall–Kier alpha value is -2.03. The zero-order chi connectivity index (χ0) is 17.3. The second-order valence-electron chi connectivity index (χ2n) is 5.92. The quantitative estimate of drug-likeness (QED) is 0.207. The van der Waals surface area contributed by atoms with Crippen LogP contribution in [0, 0.1) is 0 Å². The summed E-state index contributed by atoms with van der Waals surface area (Å²) in [6.45, 7) is 5.47. The van der Waals surface area contributed by atoms with Gasteiger partial charge in [0.15, 0.2) is 5.96 Å². The number of aryl methyl sites for hydroxylation is 1. The van der Waals surface area contributed by atoms with Gasteiger partial charge in [-0.3, -0.25) is 9.67 Å². The number of hydrogen-bond acceptors (Lipinski definition) is 2. The maximum Gasteiger partial charge on any atom is 0.191 e. The van der Waals surface area contributed by atoms with E-state index in [1.54, 1.807) is 6.20 Å². The molecule has 2 heterocycles. The Bertz CT molecular complexity index is 793. The molecule has 0 fully saturated rings. The summed E-state index contributed by atoms with van der Waals surface area (Å²) < 4.78 is 1.94. The third-order valence-electron chi connectivity index (χ3n) is 4.08. The molecule has 1 aromatic carbocycles. The summed E-state index contributed by atoms with van der Waals surface area (Å²) in [5.74, 6) is 0.878. The number of halogens is 1. The molecule has 0 amide bonds. The minimum atomic E-state index is 0. The summed E-state index contributed by atoms with van der Waals surface area (Å²) in [5, 5.41) is 12.2. The fraction of sp³-hybridized carbons (Fsp3) is 0.368. The molecule has 3 N–H and O–H groups in total. The highest BCUT2D eigenvalue weighted by Gasteiger charge is 2.03. The molecule has 0 spiro atoms. The first-order chi connectivity index (χ1) is 12.4. The predicted molar refractivity (Wildman–Crippen MR) is 118 cm³/mol. The van der Waals surface area contributed by atoms with Crippen LogP contribution in [0.4, 0.5) is 0 Å². The highest BCUT2D eigenvalue weighted by molar-refractivity contribution is 14.0. The number of H-pyrrole nitrogens is 1. The fourth-order valence-electron chi connectivity index (χ4n) is 2.85. The molecule has 7 heteroatoms. The molecular weight excluding hydrogens is 439 g/mol. The van der Waals surface area contributed by atoms with Crippen LogP contribution >= 0.6 is 24.0 Å². The third-order valence-corrected chi connectivity index (χ3v) is 4.08. The number of nitrogens with one attached hydrogen (secondary N) is 3. The summed E-state index contributed by atoms with van der Waals surface area (Å²) in [6.07, 6.45) is 7.82. The van der Waals surface area contributed by atoms with Gasteiger partial charge in [0.05, 0.1) is 0 Å². The van der Waals surface area contributed by atoms with Gasteiger partial charge < -0.3 is 15.6 Å². The molecule has 2 aromatic heterocycles. The van der Waals surface area contributed by atoms with E-state index in [9.17, 15) is 0 Å². The SMILES string of the molecule is CCNC(=NCCCn1cccn1)NCCc1c[nH]c2ccccc12.I. The van der Waals surface area contributed by atoms with Crippen LogP contribution in [0.25, 0.3) is 10.9 Å². The van der Waals surface area contributed by atoms with Crippen molar-refractivity contribution in [2.45, 2.75) is 26.3 Å². The molecule has 0 bridgehead atoms. The number of nitrogens with zero attached hydrogens (tertiary/aromatic N) is 3. The van der Waals surface area contributed by atoms with Crippen LogP contribution in [-0.4, -0.2) is 40.4 Å². The predicted octanol–water partition coefficient (Wildman–Crippen LogP) is 3.17. The van der Waals surface area contributed by atoms with E-state index in [-0.39, 0.29) is 24.0 Å². The number of fused-ring (bicyclic) bond motifs is 1. The van der Waals surface area contributed by atoms with Crippen molar-refractivity contribution in [3.8, 4) is 0 Å². The summed E-state index contributed by atoms with van der Waals surface area (Å²) in [6, 6.07) is 10.4. The van der Waals surface area contributed by atoms with Gasteiger partial charge in [0.25, 0.3) is 0 Å². The first-order valence-electron chi connectivity index (χ1n) is 8.91. The zero-order valence-corrected chi connectivity index (χ0v) is 17.4. The summed E-state index contributed by atoms with van der Waals surface area (Å²) >= 11 is 0. The van der Waals surface area contributed by atoms with Crippen LogP contribution < -0.4 is 10.6 Å². The first kappa shape index (κ1) is 20.3. The molecular formula is C19H27IN6. The molecule has 0 saturated carbocycles. The molecule has 26 heavy (non-hydrogen) atoms. The largest absolute Gasteiger partial charge is 0.361 e. The lowest BCUT2D eigenvalue weighted by molar-refractivity contribution is 0.584. The first-order valence-corrected chi connectivity index (χ1v) is 8.91. The van der Waals surface area contributed by atoms with Gasteiger partial charge in [0, 0.05) is 55.7 Å². The van der Waals surface area contributed by atoms with E-state index >= 15 is 0 Å². The van der Waals surface area contributed by atoms with Gasteiger partial charge in [0.1, 0.15) is 0 Å². The molecule has 6 nitrogen and oxygen atoms in total. The Morgan fingerprint density at radius 2 is 2.12 bits per heavy atom. The highest BCUT2D eigenvalue weighted by Crippen LogP contribution is 2.17. The minimum Gasteiger partial charge on any atom is -0.361 e. The molecule has 0 atom stereocenters. The Labute approximate surface area is 171 Å². The highest BCUT2D eigenvalue weighted by atomic mass is 127. The number of aromatic amines is 1. The zero-order valence-electron chi connectivity index (χ0n) is 15.1. The number of aliphatic imine (C=N–C) groups is 1. The molecule has 0 aliphatic heterocycles. The summed E-state index contributed by atoms with van der Waals surface area (Å²) in [5.41, 5.74) is 2.52. The number of guanidine groups is 1. The Balaban J connectivity index is 0.00000243. The lowest BCUT2D eigenvalue weighted by Crippen LogP contribution is -2.38. The van der Waals surface area contributed by atoms with Crippen molar-refractivity contribution in [3.63, 3.8) is 0 Å². The molecule has 3 aromatic rings. The van der Waals surface area contributed by atoms with E-state index in [4.69, 9.17) is 0 Å². The normalized spacial score (nSPS) is 11.3.